The van der Waals surface area contributed by atoms with Crippen LogP contribution in [0.1, 0.15) is 32.1 Å². The highest BCUT2D eigenvalue weighted by molar-refractivity contribution is 5.78. The molecule has 1 aliphatic rings. The number of fused-ring (bicyclic) bond motifs is 1. The molecule has 2 aromatic rings. The van der Waals surface area contributed by atoms with Gasteiger partial charge < -0.3 is 15.1 Å². The molecule has 0 radical (unpaired) electrons. The van der Waals surface area contributed by atoms with Gasteiger partial charge in [0.05, 0.1) is 0 Å². The van der Waals surface area contributed by atoms with Crippen LogP contribution in [0.3, 0.4) is 0 Å². The predicted molar refractivity (Wildman–Crippen MR) is 73.7 cm³/mol. The summed E-state index contributed by atoms with van der Waals surface area (Å²) in [5.74, 6) is 0. The first kappa shape index (κ1) is 11.4. The Labute approximate surface area is 107 Å². The summed E-state index contributed by atoms with van der Waals surface area (Å²) in [5, 5.41) is 0. The van der Waals surface area contributed by atoms with Gasteiger partial charge in [0.2, 0.25) is 0 Å². The fourth-order valence-electron chi connectivity index (χ4n) is 2.71. The summed E-state index contributed by atoms with van der Waals surface area (Å²) in [5.41, 5.74) is 8.13. The van der Waals surface area contributed by atoms with Gasteiger partial charge in [-0.05, 0) is 31.0 Å². The van der Waals surface area contributed by atoms with Crippen molar-refractivity contribution in [1.82, 2.24) is 4.98 Å². The molecule has 0 atom stereocenters. The molecule has 2 N–H and O–H groups in total. The molecule has 1 aromatic heterocycles. The fourth-order valence-corrected chi connectivity index (χ4v) is 2.71. The van der Waals surface area contributed by atoms with Gasteiger partial charge in [0.1, 0.15) is 5.52 Å². The molecule has 4 nitrogen and oxygen atoms in total. The average molecular weight is 245 g/mol. The quantitative estimate of drug-likeness (QED) is 0.826. The Morgan fingerprint density at radius 1 is 1.28 bits per heavy atom. The van der Waals surface area contributed by atoms with Gasteiger partial charge in [-0.2, -0.15) is 4.98 Å². The van der Waals surface area contributed by atoms with Gasteiger partial charge in [-0.1, -0.05) is 19.3 Å². The third kappa shape index (κ3) is 2.03. The number of rotatable bonds is 2. The van der Waals surface area contributed by atoms with Gasteiger partial charge in [-0.15, -0.1) is 0 Å². The smallest absolute Gasteiger partial charge is 0.298 e. The van der Waals surface area contributed by atoms with Crippen LogP contribution < -0.4 is 10.6 Å². The maximum atomic E-state index is 5.80. The van der Waals surface area contributed by atoms with Crippen molar-refractivity contribution in [2.75, 3.05) is 17.7 Å². The third-order valence-electron chi connectivity index (χ3n) is 3.82. The molecule has 1 fully saturated rings. The molecule has 0 spiro atoms. The van der Waals surface area contributed by atoms with Crippen LogP contribution in [0.25, 0.3) is 11.1 Å². The Morgan fingerprint density at radius 3 is 2.83 bits per heavy atom. The number of benzene rings is 1. The molecule has 3 rings (SSSR count). The van der Waals surface area contributed by atoms with Crippen LogP contribution >= 0.6 is 0 Å². The van der Waals surface area contributed by atoms with Crippen LogP contribution in [0, 0.1) is 0 Å². The van der Waals surface area contributed by atoms with E-state index < -0.39 is 0 Å². The SMILES string of the molecule is CN(c1nc2cc(N)ccc2o1)C1CCCCC1. The van der Waals surface area contributed by atoms with Crippen molar-refractivity contribution in [3.8, 4) is 0 Å². The van der Waals surface area contributed by atoms with Gasteiger partial charge in [0, 0.05) is 18.8 Å². The molecular formula is C14H19N3O. The molecule has 1 heterocycles. The molecule has 1 aliphatic carbocycles. The first-order valence-electron chi connectivity index (χ1n) is 6.63. The molecule has 1 aromatic carbocycles. The Hall–Kier alpha value is -1.71. The Morgan fingerprint density at radius 2 is 2.06 bits per heavy atom. The highest BCUT2D eigenvalue weighted by Crippen LogP contribution is 2.28. The first-order valence-corrected chi connectivity index (χ1v) is 6.63. The van der Waals surface area contributed by atoms with E-state index in [1.807, 2.05) is 18.2 Å². The van der Waals surface area contributed by atoms with Crippen LogP contribution in [0.4, 0.5) is 11.7 Å². The maximum Gasteiger partial charge on any atom is 0.298 e. The predicted octanol–water partition coefficient (Wildman–Crippen LogP) is 3.18. The van der Waals surface area contributed by atoms with Crippen molar-refractivity contribution in [1.29, 1.82) is 0 Å². The molecule has 0 unspecified atom stereocenters. The van der Waals surface area contributed by atoms with Gasteiger partial charge in [0.15, 0.2) is 5.58 Å². The standard InChI is InChI=1S/C14H19N3O/c1-17(11-5-3-2-4-6-11)14-16-12-9-10(15)7-8-13(12)18-14/h7-9,11H,2-6,15H2,1H3. The second-order valence-electron chi connectivity index (χ2n) is 5.13. The number of nitrogen functional groups attached to an aromatic ring is 1. The second kappa shape index (κ2) is 4.52. The zero-order valence-corrected chi connectivity index (χ0v) is 10.7. The van der Waals surface area contributed by atoms with Crippen LogP contribution in [0.15, 0.2) is 22.6 Å². The van der Waals surface area contributed by atoms with Crippen LogP contribution in [-0.4, -0.2) is 18.1 Å². The monoisotopic (exact) mass is 245 g/mol. The van der Waals surface area contributed by atoms with Crippen molar-refractivity contribution in [3.05, 3.63) is 18.2 Å². The summed E-state index contributed by atoms with van der Waals surface area (Å²) in [6, 6.07) is 6.86. The summed E-state index contributed by atoms with van der Waals surface area (Å²) in [7, 11) is 2.07. The van der Waals surface area contributed by atoms with Gasteiger partial charge in [-0.25, -0.2) is 0 Å². The molecule has 0 bridgehead atoms. The van der Waals surface area contributed by atoms with Crippen LogP contribution in [-0.2, 0) is 0 Å². The van der Waals surface area contributed by atoms with E-state index in [9.17, 15) is 0 Å². The van der Waals surface area contributed by atoms with Gasteiger partial charge >= 0.3 is 0 Å². The van der Waals surface area contributed by atoms with Gasteiger partial charge in [0.25, 0.3) is 6.01 Å². The average Bonchev–Trinajstić information content (AvgIpc) is 2.81. The number of hydrogen-bond donors (Lipinski definition) is 1. The minimum Gasteiger partial charge on any atom is -0.423 e. The van der Waals surface area contributed by atoms with E-state index in [0.29, 0.717) is 12.1 Å². The molecule has 1 saturated carbocycles. The van der Waals surface area contributed by atoms with Crippen LogP contribution in [0.2, 0.25) is 0 Å². The van der Waals surface area contributed by atoms with E-state index in [4.69, 9.17) is 10.2 Å². The lowest BCUT2D eigenvalue weighted by Gasteiger charge is -2.29. The Balaban J connectivity index is 1.88. The molecule has 96 valence electrons. The fraction of sp³-hybridized carbons (Fsp3) is 0.500. The van der Waals surface area contributed by atoms with Crippen molar-refractivity contribution in [2.24, 2.45) is 0 Å². The normalized spacial score (nSPS) is 17.2. The number of nitrogens with zero attached hydrogens (tertiary/aromatic N) is 2. The Bertz CT molecular complexity index is 543. The largest absolute Gasteiger partial charge is 0.423 e. The number of oxazole rings is 1. The Kier molecular flexibility index (Phi) is 2.86. The van der Waals surface area contributed by atoms with E-state index in [1.54, 1.807) is 0 Å². The molecule has 4 heteroatoms. The first-order chi connectivity index (χ1) is 8.74. The lowest BCUT2D eigenvalue weighted by molar-refractivity contribution is 0.409. The van der Waals surface area contributed by atoms with Crippen molar-refractivity contribution in [2.45, 2.75) is 38.1 Å². The van der Waals surface area contributed by atoms with E-state index >= 15 is 0 Å². The molecule has 0 amide bonds. The van der Waals surface area contributed by atoms with E-state index in [2.05, 4.69) is 16.9 Å². The minimum atomic E-state index is 0.559. The van der Waals surface area contributed by atoms with E-state index in [0.717, 1.165) is 16.8 Å². The highest BCUT2D eigenvalue weighted by Gasteiger charge is 2.21. The summed E-state index contributed by atoms with van der Waals surface area (Å²) in [4.78, 5) is 6.70. The van der Waals surface area contributed by atoms with E-state index in [1.165, 1.54) is 32.1 Å². The van der Waals surface area contributed by atoms with Gasteiger partial charge in [-0.3, -0.25) is 0 Å². The number of anilines is 2. The molecule has 0 aliphatic heterocycles. The van der Waals surface area contributed by atoms with Crippen molar-refractivity contribution in [3.63, 3.8) is 0 Å². The van der Waals surface area contributed by atoms with E-state index in [-0.39, 0.29) is 0 Å². The lowest BCUT2D eigenvalue weighted by atomic mass is 9.95. The summed E-state index contributed by atoms with van der Waals surface area (Å²) in [6.45, 7) is 0. The zero-order valence-electron chi connectivity index (χ0n) is 10.7. The third-order valence-corrected chi connectivity index (χ3v) is 3.82. The summed E-state index contributed by atoms with van der Waals surface area (Å²) < 4.78 is 5.80. The van der Waals surface area contributed by atoms with Crippen molar-refractivity contribution >= 4 is 22.8 Å². The topological polar surface area (TPSA) is 55.3 Å². The molecular weight excluding hydrogens is 226 g/mol. The molecule has 0 saturated heterocycles. The maximum absolute atomic E-state index is 5.80. The summed E-state index contributed by atoms with van der Waals surface area (Å²) >= 11 is 0. The zero-order chi connectivity index (χ0) is 12.5. The minimum absolute atomic E-state index is 0.559. The lowest BCUT2D eigenvalue weighted by Crippen LogP contribution is -2.33. The number of aromatic nitrogens is 1. The molecule has 18 heavy (non-hydrogen) atoms. The number of nitrogens with two attached hydrogens (primary N) is 1. The number of hydrogen-bond acceptors (Lipinski definition) is 4. The summed E-state index contributed by atoms with van der Waals surface area (Å²) in [6.07, 6.45) is 6.44. The second-order valence-corrected chi connectivity index (χ2v) is 5.13. The van der Waals surface area contributed by atoms with Crippen molar-refractivity contribution < 1.29 is 4.42 Å². The van der Waals surface area contributed by atoms with Crippen LogP contribution in [0.5, 0.6) is 0 Å². The highest BCUT2D eigenvalue weighted by atomic mass is 16.4.